The van der Waals surface area contributed by atoms with Crippen molar-refractivity contribution in [2.45, 2.75) is 20.3 Å². The molecule has 2 aromatic rings. The van der Waals surface area contributed by atoms with Crippen LogP contribution in [-0.4, -0.2) is 9.97 Å². The molecule has 0 radical (unpaired) electrons. The molecule has 3 rings (SSSR count). The average Bonchev–Trinajstić information content (AvgIpc) is 2.63. The van der Waals surface area contributed by atoms with E-state index in [0.717, 1.165) is 28.8 Å². The van der Waals surface area contributed by atoms with Crippen LogP contribution in [-0.2, 0) is 0 Å². The number of para-hydroxylation sites is 2. The number of allylic oxidation sites excluding steroid dienone is 2. The lowest BCUT2D eigenvalue weighted by atomic mass is 10.2. The van der Waals surface area contributed by atoms with Gasteiger partial charge in [0.1, 0.15) is 0 Å². The number of aromatic nitrogens is 2. The normalized spacial score (nSPS) is 12.6. The van der Waals surface area contributed by atoms with Gasteiger partial charge in [-0.15, -0.1) is 0 Å². The molecule has 1 aromatic heterocycles. The van der Waals surface area contributed by atoms with Gasteiger partial charge in [0.2, 0.25) is 0 Å². The van der Waals surface area contributed by atoms with Crippen molar-refractivity contribution in [1.82, 2.24) is 9.97 Å². The van der Waals surface area contributed by atoms with E-state index in [4.69, 9.17) is 0 Å². The summed E-state index contributed by atoms with van der Waals surface area (Å²) in [4.78, 5) is 9.15. The van der Waals surface area contributed by atoms with E-state index in [0.29, 0.717) is 0 Å². The van der Waals surface area contributed by atoms with Crippen molar-refractivity contribution in [3.63, 3.8) is 0 Å². The molecule has 17 heavy (non-hydrogen) atoms. The Morgan fingerprint density at radius 2 is 1.29 bits per heavy atom. The summed E-state index contributed by atoms with van der Waals surface area (Å²) >= 11 is 0. The molecule has 2 heteroatoms. The third kappa shape index (κ3) is 2.41. The third-order valence-corrected chi connectivity index (χ3v) is 2.45. The molecule has 0 N–H and O–H groups in total. The lowest BCUT2D eigenvalue weighted by Gasteiger charge is -2.01. The number of fused-ring (bicyclic) bond motifs is 2. The van der Waals surface area contributed by atoms with Gasteiger partial charge in [0.25, 0.3) is 0 Å². The van der Waals surface area contributed by atoms with E-state index < -0.39 is 0 Å². The van der Waals surface area contributed by atoms with Gasteiger partial charge in [-0.05, 0) is 30.7 Å². The maximum absolute atomic E-state index is 4.58. The molecule has 0 fully saturated rings. The number of benzene rings is 1. The summed E-state index contributed by atoms with van der Waals surface area (Å²) in [6, 6.07) is 7.95. The smallest absolute Gasteiger partial charge is 0.0894 e. The highest BCUT2D eigenvalue weighted by atomic mass is 14.8. The Labute approximate surface area is 102 Å². The topological polar surface area (TPSA) is 25.8 Å². The van der Waals surface area contributed by atoms with Crippen LogP contribution in [0.25, 0.3) is 23.2 Å². The van der Waals surface area contributed by atoms with Gasteiger partial charge in [-0.25, -0.2) is 9.97 Å². The first-order valence-corrected chi connectivity index (χ1v) is 6.03. The molecule has 0 saturated heterocycles. The monoisotopic (exact) mass is 224 g/mol. The second-order valence-corrected chi connectivity index (χ2v) is 3.52. The van der Waals surface area contributed by atoms with Crippen molar-refractivity contribution in [3.8, 4) is 0 Å². The van der Waals surface area contributed by atoms with Crippen LogP contribution in [0.5, 0.6) is 0 Å². The highest BCUT2D eigenvalue weighted by Gasteiger charge is 2.04. The first-order chi connectivity index (χ1) is 8.43. The fourth-order valence-corrected chi connectivity index (χ4v) is 1.71. The molecule has 0 aliphatic heterocycles. The van der Waals surface area contributed by atoms with Crippen molar-refractivity contribution in [2.75, 3.05) is 0 Å². The van der Waals surface area contributed by atoms with E-state index in [9.17, 15) is 0 Å². The van der Waals surface area contributed by atoms with Gasteiger partial charge >= 0.3 is 0 Å². The van der Waals surface area contributed by atoms with Crippen LogP contribution < -0.4 is 0 Å². The van der Waals surface area contributed by atoms with Gasteiger partial charge in [-0.1, -0.05) is 38.1 Å². The molecule has 0 saturated carbocycles. The van der Waals surface area contributed by atoms with Gasteiger partial charge in [0.05, 0.1) is 22.4 Å². The minimum Gasteiger partial charge on any atom is -0.245 e. The lowest BCUT2D eigenvalue weighted by Crippen LogP contribution is -1.92. The van der Waals surface area contributed by atoms with Crippen LogP contribution >= 0.6 is 0 Å². The summed E-state index contributed by atoms with van der Waals surface area (Å²) in [5, 5.41) is 0. The zero-order valence-electron chi connectivity index (χ0n) is 10.2. The van der Waals surface area contributed by atoms with Crippen LogP contribution in [0.1, 0.15) is 31.7 Å². The predicted molar refractivity (Wildman–Crippen MR) is 73.6 cm³/mol. The molecule has 2 nitrogen and oxygen atoms in total. The molecule has 0 amide bonds. The van der Waals surface area contributed by atoms with E-state index in [1.807, 2.05) is 50.3 Å². The molecule has 0 atom stereocenters. The van der Waals surface area contributed by atoms with E-state index in [1.54, 1.807) is 0 Å². The quantitative estimate of drug-likeness (QED) is 0.673. The molecule has 0 unspecified atom stereocenters. The summed E-state index contributed by atoms with van der Waals surface area (Å²) in [6.45, 7) is 4.00. The van der Waals surface area contributed by atoms with Crippen LogP contribution in [0, 0.1) is 0 Å². The van der Waals surface area contributed by atoms with Crippen molar-refractivity contribution in [2.24, 2.45) is 0 Å². The summed E-state index contributed by atoms with van der Waals surface area (Å²) in [6.07, 6.45) is 9.23. The molecule has 86 valence electrons. The van der Waals surface area contributed by atoms with Gasteiger partial charge in [0, 0.05) is 0 Å². The van der Waals surface area contributed by atoms with E-state index in [-0.39, 0.29) is 0 Å². The predicted octanol–water partition coefficient (Wildman–Crippen LogP) is 4.09. The molecular formula is C15H16N2. The Morgan fingerprint density at radius 3 is 1.76 bits per heavy atom. The summed E-state index contributed by atoms with van der Waals surface area (Å²) in [5.74, 6) is 0. The van der Waals surface area contributed by atoms with Crippen molar-refractivity contribution in [3.05, 3.63) is 47.8 Å². The van der Waals surface area contributed by atoms with Gasteiger partial charge in [0.15, 0.2) is 0 Å². The maximum atomic E-state index is 4.58. The first-order valence-electron chi connectivity index (χ1n) is 6.03. The SMILES string of the molecule is C1=Cc2nc3ccccc3nc2C=CC1.CC. The summed E-state index contributed by atoms with van der Waals surface area (Å²) in [5.41, 5.74) is 3.83. The van der Waals surface area contributed by atoms with Crippen molar-refractivity contribution >= 4 is 23.2 Å². The molecule has 1 heterocycles. The maximum Gasteiger partial charge on any atom is 0.0894 e. The molecule has 0 spiro atoms. The molecule has 1 aliphatic rings. The van der Waals surface area contributed by atoms with E-state index in [2.05, 4.69) is 22.1 Å². The lowest BCUT2D eigenvalue weighted by molar-refractivity contribution is 1.24. The minimum absolute atomic E-state index is 0.953. The largest absolute Gasteiger partial charge is 0.245 e. The fraction of sp³-hybridized carbons (Fsp3) is 0.200. The summed E-state index contributed by atoms with van der Waals surface area (Å²) in [7, 11) is 0. The van der Waals surface area contributed by atoms with E-state index in [1.165, 1.54) is 0 Å². The minimum atomic E-state index is 0.953. The molecule has 1 aromatic carbocycles. The average molecular weight is 224 g/mol. The second kappa shape index (κ2) is 5.39. The Bertz CT molecular complexity index is 518. The highest BCUT2D eigenvalue weighted by Crippen LogP contribution is 2.17. The van der Waals surface area contributed by atoms with Crippen molar-refractivity contribution in [1.29, 1.82) is 0 Å². The van der Waals surface area contributed by atoms with Gasteiger partial charge in [-0.2, -0.15) is 0 Å². The second-order valence-electron chi connectivity index (χ2n) is 3.52. The Balaban J connectivity index is 0.000000514. The standard InChI is InChI=1S/C13H10N2.C2H6/c1-2-6-10-11(7-3-1)15-13-9-5-4-8-12(13)14-10;1-2/h2-9H,1H2;1-2H3. The number of nitrogens with zero attached hydrogens (tertiary/aromatic N) is 2. The molecule has 1 aliphatic carbocycles. The highest BCUT2D eigenvalue weighted by molar-refractivity contribution is 5.78. The Morgan fingerprint density at radius 1 is 0.824 bits per heavy atom. The van der Waals surface area contributed by atoms with Gasteiger partial charge in [-0.3, -0.25) is 0 Å². The fourth-order valence-electron chi connectivity index (χ4n) is 1.71. The summed E-state index contributed by atoms with van der Waals surface area (Å²) < 4.78 is 0. The van der Waals surface area contributed by atoms with Crippen LogP contribution in [0.4, 0.5) is 0 Å². The zero-order valence-corrected chi connectivity index (χ0v) is 10.2. The molecule has 0 bridgehead atoms. The number of hydrogen-bond acceptors (Lipinski definition) is 2. The Kier molecular flexibility index (Phi) is 3.66. The number of rotatable bonds is 0. The Hall–Kier alpha value is -1.96. The van der Waals surface area contributed by atoms with Crippen LogP contribution in [0.2, 0.25) is 0 Å². The first kappa shape index (κ1) is 11.5. The number of hydrogen-bond donors (Lipinski definition) is 0. The van der Waals surface area contributed by atoms with Gasteiger partial charge < -0.3 is 0 Å². The third-order valence-electron chi connectivity index (χ3n) is 2.45. The van der Waals surface area contributed by atoms with E-state index >= 15 is 0 Å². The van der Waals surface area contributed by atoms with Crippen LogP contribution in [0.15, 0.2) is 36.4 Å². The molecular weight excluding hydrogens is 208 g/mol. The van der Waals surface area contributed by atoms with Crippen LogP contribution in [0.3, 0.4) is 0 Å². The van der Waals surface area contributed by atoms with Crippen molar-refractivity contribution < 1.29 is 0 Å². The zero-order chi connectivity index (χ0) is 12.1.